The van der Waals surface area contributed by atoms with Crippen LogP contribution in [0.5, 0.6) is 0 Å². The minimum atomic E-state index is -0.409. The summed E-state index contributed by atoms with van der Waals surface area (Å²) in [5.74, 6) is 0.641. The van der Waals surface area contributed by atoms with Crippen LogP contribution in [0.25, 0.3) is 0 Å². The van der Waals surface area contributed by atoms with E-state index in [0.717, 1.165) is 11.3 Å². The Morgan fingerprint density at radius 3 is 2.73 bits per heavy atom. The van der Waals surface area contributed by atoms with Gasteiger partial charge in [-0.3, -0.25) is 9.59 Å². The normalized spacial score (nSPS) is 10.7. The highest BCUT2D eigenvalue weighted by Gasteiger charge is 2.14. The topological polar surface area (TPSA) is 101 Å². The highest BCUT2D eigenvalue weighted by Crippen LogP contribution is 2.07. The summed E-state index contributed by atoms with van der Waals surface area (Å²) in [7, 11) is 0. The summed E-state index contributed by atoms with van der Waals surface area (Å²) in [5.41, 5.74) is 2.21. The molecular weight excluding hydrogens is 332 g/mol. The van der Waals surface area contributed by atoms with E-state index in [-0.39, 0.29) is 11.1 Å². The van der Waals surface area contributed by atoms with E-state index in [2.05, 4.69) is 20.4 Å². The molecule has 26 heavy (non-hydrogen) atoms. The second kappa shape index (κ2) is 7.77. The molecule has 0 aliphatic heterocycles. The lowest BCUT2D eigenvalue weighted by Gasteiger charge is -2.06. The van der Waals surface area contributed by atoms with Crippen molar-refractivity contribution in [2.24, 2.45) is 0 Å². The predicted molar refractivity (Wildman–Crippen MR) is 96.1 cm³/mol. The lowest BCUT2D eigenvalue weighted by atomic mass is 10.1. The number of amides is 1. The molecule has 2 N–H and O–H groups in total. The molecule has 0 aliphatic rings. The zero-order chi connectivity index (χ0) is 18.5. The SMILES string of the molecule is Cc1cc(C)c(C(=O)NCCc2nc(Cc3ccccc3)no2)c(=O)[nH]1. The van der Waals surface area contributed by atoms with E-state index >= 15 is 0 Å². The quantitative estimate of drug-likeness (QED) is 0.706. The Morgan fingerprint density at radius 2 is 2.00 bits per heavy atom. The molecule has 7 heteroatoms. The van der Waals surface area contributed by atoms with Crippen LogP contribution in [0, 0.1) is 13.8 Å². The van der Waals surface area contributed by atoms with E-state index < -0.39 is 5.91 Å². The van der Waals surface area contributed by atoms with Crippen molar-refractivity contribution < 1.29 is 9.32 Å². The molecule has 0 unspecified atom stereocenters. The number of pyridine rings is 1. The minimum absolute atomic E-state index is 0.130. The molecule has 0 saturated heterocycles. The molecule has 2 heterocycles. The van der Waals surface area contributed by atoms with E-state index in [1.807, 2.05) is 30.3 Å². The summed E-state index contributed by atoms with van der Waals surface area (Å²) in [4.78, 5) is 31.2. The van der Waals surface area contributed by atoms with Gasteiger partial charge in [0.25, 0.3) is 11.5 Å². The number of hydrogen-bond donors (Lipinski definition) is 2. The molecular formula is C19H20N4O3. The van der Waals surface area contributed by atoms with Gasteiger partial charge in [0.2, 0.25) is 5.89 Å². The van der Waals surface area contributed by atoms with Crippen molar-refractivity contribution in [3.05, 3.63) is 80.9 Å². The van der Waals surface area contributed by atoms with Crippen molar-refractivity contribution in [1.82, 2.24) is 20.4 Å². The van der Waals surface area contributed by atoms with Gasteiger partial charge in [0.15, 0.2) is 5.82 Å². The highest BCUT2D eigenvalue weighted by molar-refractivity contribution is 5.95. The number of nitrogens with zero attached hydrogens (tertiary/aromatic N) is 2. The maximum Gasteiger partial charge on any atom is 0.261 e. The molecule has 134 valence electrons. The number of nitrogens with one attached hydrogen (secondary N) is 2. The number of aromatic amines is 1. The third-order valence-corrected chi connectivity index (χ3v) is 3.93. The first-order valence-corrected chi connectivity index (χ1v) is 8.37. The average molecular weight is 352 g/mol. The maximum atomic E-state index is 12.2. The lowest BCUT2D eigenvalue weighted by Crippen LogP contribution is -2.32. The maximum absolute atomic E-state index is 12.2. The Bertz CT molecular complexity index is 960. The van der Waals surface area contributed by atoms with Crippen LogP contribution in [-0.2, 0) is 12.8 Å². The van der Waals surface area contributed by atoms with Crippen molar-refractivity contribution >= 4 is 5.91 Å². The zero-order valence-corrected chi connectivity index (χ0v) is 14.7. The summed E-state index contributed by atoms with van der Waals surface area (Å²) in [6.07, 6.45) is 0.991. The average Bonchev–Trinajstić information content (AvgIpc) is 3.02. The van der Waals surface area contributed by atoms with Gasteiger partial charge in [-0.25, -0.2) is 0 Å². The van der Waals surface area contributed by atoms with Crippen LogP contribution >= 0.6 is 0 Å². The molecule has 1 amide bonds. The number of benzene rings is 1. The van der Waals surface area contributed by atoms with Crippen molar-refractivity contribution in [2.45, 2.75) is 26.7 Å². The second-order valence-electron chi connectivity index (χ2n) is 6.11. The number of aryl methyl sites for hydroxylation is 2. The van der Waals surface area contributed by atoms with Gasteiger partial charge < -0.3 is 14.8 Å². The van der Waals surface area contributed by atoms with Crippen LogP contribution in [0.15, 0.2) is 45.7 Å². The molecule has 0 spiro atoms. The fourth-order valence-corrected chi connectivity index (χ4v) is 2.75. The summed E-state index contributed by atoms with van der Waals surface area (Å²) >= 11 is 0. The number of rotatable bonds is 6. The molecule has 0 saturated carbocycles. The standard InChI is InChI=1S/C19H20N4O3/c1-12-10-13(2)21-19(25)17(12)18(24)20-9-8-16-22-15(23-26-16)11-14-6-4-3-5-7-14/h3-7,10H,8-9,11H2,1-2H3,(H,20,24)(H,21,25). The van der Waals surface area contributed by atoms with Gasteiger partial charge in [0.1, 0.15) is 5.56 Å². The van der Waals surface area contributed by atoms with Crippen LogP contribution in [0.1, 0.15) is 38.9 Å². The Balaban J connectivity index is 1.56. The molecule has 3 rings (SSSR count). The van der Waals surface area contributed by atoms with Crippen molar-refractivity contribution in [1.29, 1.82) is 0 Å². The number of H-pyrrole nitrogens is 1. The smallest absolute Gasteiger partial charge is 0.261 e. The molecule has 0 bridgehead atoms. The molecule has 2 aromatic heterocycles. The number of aromatic nitrogens is 3. The van der Waals surface area contributed by atoms with Gasteiger partial charge in [-0.05, 0) is 31.0 Å². The number of hydrogen-bond acceptors (Lipinski definition) is 5. The predicted octanol–water partition coefficient (Wildman–Crippen LogP) is 1.94. The summed E-state index contributed by atoms with van der Waals surface area (Å²) < 4.78 is 5.21. The first-order chi connectivity index (χ1) is 12.5. The fourth-order valence-electron chi connectivity index (χ4n) is 2.75. The van der Waals surface area contributed by atoms with E-state index in [4.69, 9.17) is 4.52 Å². The first-order valence-electron chi connectivity index (χ1n) is 8.37. The molecule has 7 nitrogen and oxygen atoms in total. The number of carbonyl (C=O) groups is 1. The molecule has 0 fully saturated rings. The fraction of sp³-hybridized carbons (Fsp3) is 0.263. The van der Waals surface area contributed by atoms with E-state index in [9.17, 15) is 9.59 Å². The van der Waals surface area contributed by atoms with Gasteiger partial charge in [-0.1, -0.05) is 35.5 Å². The van der Waals surface area contributed by atoms with Gasteiger partial charge in [0.05, 0.1) is 0 Å². The van der Waals surface area contributed by atoms with Crippen LogP contribution in [0.2, 0.25) is 0 Å². The monoisotopic (exact) mass is 352 g/mol. The van der Waals surface area contributed by atoms with Gasteiger partial charge >= 0.3 is 0 Å². The zero-order valence-electron chi connectivity index (χ0n) is 14.7. The van der Waals surface area contributed by atoms with Gasteiger partial charge in [-0.15, -0.1) is 0 Å². The first kappa shape index (κ1) is 17.6. The molecule has 1 aromatic carbocycles. The molecule has 0 radical (unpaired) electrons. The Morgan fingerprint density at radius 1 is 1.23 bits per heavy atom. The summed E-state index contributed by atoms with van der Waals surface area (Å²) in [6.45, 7) is 3.82. The van der Waals surface area contributed by atoms with Crippen LogP contribution in [0.3, 0.4) is 0 Å². The van der Waals surface area contributed by atoms with Crippen molar-refractivity contribution in [3.8, 4) is 0 Å². The number of carbonyl (C=O) groups excluding carboxylic acids is 1. The van der Waals surface area contributed by atoms with Crippen molar-refractivity contribution in [3.63, 3.8) is 0 Å². The van der Waals surface area contributed by atoms with Crippen molar-refractivity contribution in [2.75, 3.05) is 6.54 Å². The molecule has 0 atom stereocenters. The Hall–Kier alpha value is -3.22. The van der Waals surface area contributed by atoms with E-state index in [1.165, 1.54) is 0 Å². The lowest BCUT2D eigenvalue weighted by molar-refractivity contribution is 0.0951. The highest BCUT2D eigenvalue weighted by atomic mass is 16.5. The molecule has 3 aromatic rings. The van der Waals surface area contributed by atoms with Crippen LogP contribution in [0.4, 0.5) is 0 Å². The Kier molecular flexibility index (Phi) is 5.26. The third-order valence-electron chi connectivity index (χ3n) is 3.93. The van der Waals surface area contributed by atoms with Gasteiger partial charge in [-0.2, -0.15) is 4.98 Å². The van der Waals surface area contributed by atoms with E-state index in [1.54, 1.807) is 19.9 Å². The largest absolute Gasteiger partial charge is 0.351 e. The molecule has 0 aliphatic carbocycles. The second-order valence-corrected chi connectivity index (χ2v) is 6.11. The Labute approximate surface area is 150 Å². The summed E-state index contributed by atoms with van der Waals surface area (Å²) in [6, 6.07) is 11.6. The minimum Gasteiger partial charge on any atom is -0.351 e. The van der Waals surface area contributed by atoms with E-state index in [0.29, 0.717) is 36.7 Å². The van der Waals surface area contributed by atoms with Crippen LogP contribution in [-0.4, -0.2) is 27.6 Å². The van der Waals surface area contributed by atoms with Gasteiger partial charge in [0, 0.05) is 25.1 Å². The van der Waals surface area contributed by atoms with Crippen LogP contribution < -0.4 is 10.9 Å². The third kappa shape index (κ3) is 4.24. The summed E-state index contributed by atoms with van der Waals surface area (Å²) in [5, 5.41) is 6.67.